The monoisotopic (exact) mass is 296 g/mol. The summed E-state index contributed by atoms with van der Waals surface area (Å²) in [6.45, 7) is 2.81. The van der Waals surface area contributed by atoms with Gasteiger partial charge in [-0.3, -0.25) is 4.79 Å². The third kappa shape index (κ3) is 4.05. The van der Waals surface area contributed by atoms with Gasteiger partial charge in [0.15, 0.2) is 6.10 Å². The highest BCUT2D eigenvalue weighted by molar-refractivity contribution is 7.89. The van der Waals surface area contributed by atoms with E-state index in [9.17, 15) is 13.2 Å². The van der Waals surface area contributed by atoms with Gasteiger partial charge in [0.05, 0.1) is 4.90 Å². The molecule has 7 heteroatoms. The molecule has 0 aliphatic carbocycles. The number of likely N-dealkylation sites (N-methyl/N-ethyl adjacent to an activating group) is 1. The fourth-order valence-corrected chi connectivity index (χ4v) is 2.53. The van der Waals surface area contributed by atoms with Crippen molar-refractivity contribution >= 4 is 16.0 Å². The Bertz CT molecular complexity index is 617. The Labute approximate surface area is 118 Å². The summed E-state index contributed by atoms with van der Waals surface area (Å²) in [5.41, 5.74) is 0.939. The van der Waals surface area contributed by atoms with Crippen LogP contribution in [-0.2, 0) is 19.6 Å². The van der Waals surface area contributed by atoms with E-state index in [2.05, 4.69) is 0 Å². The smallest absolute Gasteiger partial charge is 0.322 e. The number of nitriles is 1. The van der Waals surface area contributed by atoms with Gasteiger partial charge in [0, 0.05) is 7.05 Å². The molecule has 0 amide bonds. The summed E-state index contributed by atoms with van der Waals surface area (Å²) in [4.78, 5) is 11.6. The molecule has 0 unspecified atom stereocenters. The molecule has 0 heterocycles. The second-order valence-corrected chi connectivity index (χ2v) is 6.38. The Balaban J connectivity index is 2.80. The largest absolute Gasteiger partial charge is 0.446 e. The van der Waals surface area contributed by atoms with E-state index in [0.29, 0.717) is 0 Å². The maximum absolute atomic E-state index is 12.2. The Kier molecular flexibility index (Phi) is 5.25. The highest BCUT2D eigenvalue weighted by atomic mass is 32.2. The molecule has 1 aromatic carbocycles. The summed E-state index contributed by atoms with van der Waals surface area (Å²) in [5, 5.41) is 8.52. The molecule has 0 fully saturated rings. The van der Waals surface area contributed by atoms with Gasteiger partial charge in [-0.25, -0.2) is 8.42 Å². The molecule has 0 saturated heterocycles. The first-order valence-electron chi connectivity index (χ1n) is 5.89. The summed E-state index contributed by atoms with van der Waals surface area (Å²) >= 11 is 0. The SMILES string of the molecule is Cc1ccc(S(=O)(=O)N(C)CC(=O)O[C@H](C)C#N)cc1. The number of benzene rings is 1. The summed E-state index contributed by atoms with van der Waals surface area (Å²) in [6, 6.07) is 8.04. The highest BCUT2D eigenvalue weighted by Gasteiger charge is 2.24. The molecule has 1 atom stereocenters. The number of rotatable bonds is 5. The highest BCUT2D eigenvalue weighted by Crippen LogP contribution is 2.14. The van der Waals surface area contributed by atoms with Crippen LogP contribution in [0.1, 0.15) is 12.5 Å². The van der Waals surface area contributed by atoms with Gasteiger partial charge in [-0.15, -0.1) is 0 Å². The number of carbonyl (C=O) groups is 1. The summed E-state index contributed by atoms with van der Waals surface area (Å²) < 4.78 is 30.0. The molecule has 1 rings (SSSR count). The van der Waals surface area contributed by atoms with Crippen LogP contribution < -0.4 is 0 Å². The Hall–Kier alpha value is -1.91. The van der Waals surface area contributed by atoms with Gasteiger partial charge < -0.3 is 4.74 Å². The van der Waals surface area contributed by atoms with E-state index in [1.807, 2.05) is 6.92 Å². The number of carbonyl (C=O) groups excluding carboxylic acids is 1. The van der Waals surface area contributed by atoms with Gasteiger partial charge in [0.25, 0.3) is 0 Å². The maximum atomic E-state index is 12.2. The molecule has 0 saturated carbocycles. The van der Waals surface area contributed by atoms with Crippen LogP contribution in [0.5, 0.6) is 0 Å². The molecule has 0 aromatic heterocycles. The van der Waals surface area contributed by atoms with Crippen LogP contribution in [0.4, 0.5) is 0 Å². The first-order valence-corrected chi connectivity index (χ1v) is 7.33. The minimum Gasteiger partial charge on any atom is -0.446 e. The molecule has 0 aliphatic heterocycles. The number of hydrogen-bond donors (Lipinski definition) is 0. The maximum Gasteiger partial charge on any atom is 0.322 e. The van der Waals surface area contributed by atoms with E-state index in [1.165, 1.54) is 26.1 Å². The fourth-order valence-electron chi connectivity index (χ4n) is 1.42. The molecule has 0 spiro atoms. The first kappa shape index (κ1) is 16.1. The van der Waals surface area contributed by atoms with Gasteiger partial charge >= 0.3 is 5.97 Å². The zero-order chi connectivity index (χ0) is 15.3. The van der Waals surface area contributed by atoms with Crippen molar-refractivity contribution in [2.75, 3.05) is 13.6 Å². The molecular formula is C13H16N2O4S. The van der Waals surface area contributed by atoms with Crippen molar-refractivity contribution in [1.29, 1.82) is 5.26 Å². The summed E-state index contributed by atoms with van der Waals surface area (Å²) in [5.74, 6) is -0.766. The standard InChI is InChI=1S/C13H16N2O4S/c1-10-4-6-12(7-5-10)20(17,18)15(3)9-13(16)19-11(2)8-14/h4-7,11H,9H2,1-3H3/t11-/m1/s1. The van der Waals surface area contributed by atoms with Crippen molar-refractivity contribution in [3.05, 3.63) is 29.8 Å². The van der Waals surface area contributed by atoms with Gasteiger partial charge in [-0.2, -0.15) is 9.57 Å². The van der Waals surface area contributed by atoms with Crippen molar-refractivity contribution in [2.24, 2.45) is 0 Å². The number of hydrogen-bond acceptors (Lipinski definition) is 5. The quantitative estimate of drug-likeness (QED) is 0.758. The van der Waals surface area contributed by atoms with Gasteiger partial charge in [-0.1, -0.05) is 17.7 Å². The van der Waals surface area contributed by atoms with Gasteiger partial charge in [-0.05, 0) is 26.0 Å². The minimum absolute atomic E-state index is 0.103. The zero-order valence-electron chi connectivity index (χ0n) is 11.5. The van der Waals surface area contributed by atoms with Gasteiger partial charge in [0.2, 0.25) is 10.0 Å². The van der Waals surface area contributed by atoms with Crippen molar-refractivity contribution in [3.63, 3.8) is 0 Å². The zero-order valence-corrected chi connectivity index (χ0v) is 12.3. The fraction of sp³-hybridized carbons (Fsp3) is 0.385. The van der Waals surface area contributed by atoms with Crippen LogP contribution in [0.2, 0.25) is 0 Å². The van der Waals surface area contributed by atoms with E-state index in [1.54, 1.807) is 18.2 Å². The number of nitrogens with zero attached hydrogens (tertiary/aromatic N) is 2. The minimum atomic E-state index is -3.74. The third-order valence-electron chi connectivity index (χ3n) is 2.57. The van der Waals surface area contributed by atoms with E-state index in [-0.39, 0.29) is 4.90 Å². The topological polar surface area (TPSA) is 87.5 Å². The number of esters is 1. The summed E-state index contributed by atoms with van der Waals surface area (Å²) in [7, 11) is -2.46. The van der Waals surface area contributed by atoms with Crippen LogP contribution in [0.3, 0.4) is 0 Å². The Morgan fingerprint density at radius 3 is 2.45 bits per heavy atom. The number of sulfonamides is 1. The molecule has 0 aliphatic rings. The Morgan fingerprint density at radius 2 is 1.95 bits per heavy atom. The number of aryl methyl sites for hydroxylation is 1. The lowest BCUT2D eigenvalue weighted by Crippen LogP contribution is -2.34. The van der Waals surface area contributed by atoms with Crippen molar-refractivity contribution in [2.45, 2.75) is 24.8 Å². The lowest BCUT2D eigenvalue weighted by Gasteiger charge is -2.17. The van der Waals surface area contributed by atoms with Crippen molar-refractivity contribution in [1.82, 2.24) is 4.31 Å². The molecule has 0 bridgehead atoms. The van der Waals surface area contributed by atoms with Crippen LogP contribution in [-0.4, -0.2) is 38.4 Å². The molecular weight excluding hydrogens is 280 g/mol. The van der Waals surface area contributed by atoms with Crippen molar-refractivity contribution in [3.8, 4) is 6.07 Å². The Morgan fingerprint density at radius 1 is 1.40 bits per heavy atom. The number of ether oxygens (including phenoxy) is 1. The van der Waals surface area contributed by atoms with E-state index in [4.69, 9.17) is 10.00 Å². The molecule has 1 aromatic rings. The normalized spacial score (nSPS) is 12.8. The molecule has 6 nitrogen and oxygen atoms in total. The molecule has 20 heavy (non-hydrogen) atoms. The lowest BCUT2D eigenvalue weighted by atomic mass is 10.2. The second kappa shape index (κ2) is 6.50. The van der Waals surface area contributed by atoms with E-state index >= 15 is 0 Å². The van der Waals surface area contributed by atoms with Crippen LogP contribution >= 0.6 is 0 Å². The van der Waals surface area contributed by atoms with E-state index in [0.717, 1.165) is 9.87 Å². The van der Waals surface area contributed by atoms with Crippen molar-refractivity contribution < 1.29 is 17.9 Å². The van der Waals surface area contributed by atoms with Crippen LogP contribution in [0.15, 0.2) is 29.2 Å². The predicted molar refractivity (Wildman–Crippen MR) is 72.2 cm³/mol. The average molecular weight is 296 g/mol. The molecule has 0 N–H and O–H groups in total. The van der Waals surface area contributed by atoms with Gasteiger partial charge in [0.1, 0.15) is 12.6 Å². The first-order chi connectivity index (χ1) is 9.27. The average Bonchev–Trinajstić information content (AvgIpc) is 2.38. The second-order valence-electron chi connectivity index (χ2n) is 4.34. The van der Waals surface area contributed by atoms with Crippen LogP contribution in [0.25, 0.3) is 0 Å². The summed E-state index contributed by atoms with van der Waals surface area (Å²) in [6.07, 6.45) is -0.905. The molecule has 108 valence electrons. The van der Waals surface area contributed by atoms with E-state index < -0.39 is 28.6 Å². The van der Waals surface area contributed by atoms with Crippen LogP contribution in [0, 0.1) is 18.3 Å². The third-order valence-corrected chi connectivity index (χ3v) is 4.39. The predicted octanol–water partition coefficient (Wildman–Crippen LogP) is 1.07. The molecule has 0 radical (unpaired) electrons. The lowest BCUT2D eigenvalue weighted by molar-refractivity contribution is -0.145.